The van der Waals surface area contributed by atoms with E-state index in [0.717, 1.165) is 5.69 Å². The first-order valence-electron chi connectivity index (χ1n) is 6.05. The molecule has 2 heterocycles. The highest BCUT2D eigenvalue weighted by atomic mass is 16.3. The fourth-order valence-electron chi connectivity index (χ4n) is 2.15. The summed E-state index contributed by atoms with van der Waals surface area (Å²) in [5, 5.41) is 14.2. The highest BCUT2D eigenvalue weighted by molar-refractivity contribution is 5.93. The Kier molecular flexibility index (Phi) is 2.95. The van der Waals surface area contributed by atoms with Crippen LogP contribution in [0.2, 0.25) is 0 Å². The quantitative estimate of drug-likeness (QED) is 0.846. The third-order valence-electron chi connectivity index (χ3n) is 3.34. The number of hydrogen-bond donors (Lipinski definition) is 1. The number of β-amino-alcohol motifs (C(OH)–C–C–N with tert-alkyl or cyclic N) is 1. The third-order valence-corrected chi connectivity index (χ3v) is 3.34. The van der Waals surface area contributed by atoms with Crippen molar-refractivity contribution >= 4 is 5.91 Å². The van der Waals surface area contributed by atoms with E-state index < -0.39 is 5.60 Å². The first-order chi connectivity index (χ1) is 7.99. The molecule has 5 heteroatoms. The van der Waals surface area contributed by atoms with Gasteiger partial charge in [-0.1, -0.05) is 6.92 Å². The van der Waals surface area contributed by atoms with E-state index >= 15 is 0 Å². The molecule has 1 amide bonds. The molecule has 0 spiro atoms. The van der Waals surface area contributed by atoms with Gasteiger partial charge in [-0.3, -0.25) is 9.48 Å². The van der Waals surface area contributed by atoms with E-state index in [1.54, 1.807) is 15.6 Å². The smallest absolute Gasteiger partial charge is 0.272 e. The topological polar surface area (TPSA) is 58.4 Å². The van der Waals surface area contributed by atoms with Crippen molar-refractivity contribution in [2.24, 2.45) is 0 Å². The van der Waals surface area contributed by atoms with Crippen molar-refractivity contribution in [1.29, 1.82) is 0 Å². The summed E-state index contributed by atoms with van der Waals surface area (Å²) in [6.07, 6.45) is 0.683. The number of aryl methyl sites for hydroxylation is 2. The van der Waals surface area contributed by atoms with Gasteiger partial charge in [-0.2, -0.15) is 5.10 Å². The van der Waals surface area contributed by atoms with E-state index in [-0.39, 0.29) is 5.91 Å². The van der Waals surface area contributed by atoms with Crippen molar-refractivity contribution in [3.8, 4) is 0 Å². The van der Waals surface area contributed by atoms with E-state index in [0.29, 0.717) is 31.7 Å². The Balaban J connectivity index is 2.11. The highest BCUT2D eigenvalue weighted by Gasteiger charge is 2.42. The van der Waals surface area contributed by atoms with Crippen molar-refractivity contribution in [1.82, 2.24) is 14.7 Å². The van der Waals surface area contributed by atoms with Crippen molar-refractivity contribution < 1.29 is 9.90 Å². The minimum atomic E-state index is -0.679. The Morgan fingerprint density at radius 3 is 2.71 bits per heavy atom. The molecule has 0 atom stereocenters. The van der Waals surface area contributed by atoms with Crippen LogP contribution < -0.4 is 0 Å². The van der Waals surface area contributed by atoms with Gasteiger partial charge in [0.15, 0.2) is 0 Å². The van der Waals surface area contributed by atoms with Gasteiger partial charge in [0.2, 0.25) is 0 Å². The molecule has 5 nitrogen and oxygen atoms in total. The van der Waals surface area contributed by atoms with Gasteiger partial charge in [0.25, 0.3) is 5.91 Å². The largest absolute Gasteiger partial charge is 0.386 e. The molecular weight excluding hydrogens is 218 g/mol. The number of nitrogens with zero attached hydrogens (tertiary/aromatic N) is 3. The Morgan fingerprint density at radius 1 is 1.53 bits per heavy atom. The summed E-state index contributed by atoms with van der Waals surface area (Å²) < 4.78 is 1.71. The molecule has 1 N–H and O–H groups in total. The lowest BCUT2D eigenvalue weighted by atomic mass is 9.91. The zero-order valence-electron chi connectivity index (χ0n) is 10.6. The van der Waals surface area contributed by atoms with Crippen molar-refractivity contribution in [2.75, 3.05) is 13.1 Å². The van der Waals surface area contributed by atoms with Gasteiger partial charge in [0.05, 0.1) is 24.4 Å². The number of aliphatic hydroxyl groups is 1. The number of carbonyl (C=O) groups excluding carboxylic acids is 1. The van der Waals surface area contributed by atoms with Gasteiger partial charge in [0, 0.05) is 6.54 Å². The molecule has 0 bridgehead atoms. The summed E-state index contributed by atoms with van der Waals surface area (Å²) in [6.45, 7) is 7.30. The minimum Gasteiger partial charge on any atom is -0.386 e. The summed E-state index contributed by atoms with van der Waals surface area (Å²) in [5.74, 6) is -0.0365. The monoisotopic (exact) mass is 237 g/mol. The van der Waals surface area contributed by atoms with Gasteiger partial charge < -0.3 is 10.0 Å². The number of carbonyl (C=O) groups is 1. The first-order valence-corrected chi connectivity index (χ1v) is 6.05. The molecule has 2 rings (SSSR count). The molecule has 1 saturated heterocycles. The lowest BCUT2D eigenvalue weighted by molar-refractivity contribution is -0.0829. The minimum absolute atomic E-state index is 0.0365. The summed E-state index contributed by atoms with van der Waals surface area (Å²) in [4.78, 5) is 13.9. The van der Waals surface area contributed by atoms with Crippen LogP contribution in [0.1, 0.15) is 36.5 Å². The van der Waals surface area contributed by atoms with Gasteiger partial charge in [-0.25, -0.2) is 0 Å². The van der Waals surface area contributed by atoms with E-state index in [2.05, 4.69) is 5.10 Å². The fraction of sp³-hybridized carbons (Fsp3) is 0.667. The summed E-state index contributed by atoms with van der Waals surface area (Å²) in [5.41, 5.74) is 0.784. The standard InChI is InChI=1S/C12H19N3O2/c1-4-12(17)7-14(8-12)11(16)10-6-9(3)13-15(10)5-2/h6,17H,4-5,7-8H2,1-3H3. The predicted molar refractivity (Wildman–Crippen MR) is 63.8 cm³/mol. The first kappa shape index (κ1) is 12.1. The zero-order valence-corrected chi connectivity index (χ0v) is 10.6. The Hall–Kier alpha value is -1.36. The summed E-state index contributed by atoms with van der Waals surface area (Å²) in [6, 6.07) is 1.80. The molecule has 0 aliphatic carbocycles. The molecule has 1 fully saturated rings. The van der Waals surface area contributed by atoms with Crippen LogP contribution in [0.5, 0.6) is 0 Å². The molecule has 1 aromatic heterocycles. The van der Waals surface area contributed by atoms with Crippen molar-refractivity contribution in [3.05, 3.63) is 17.5 Å². The van der Waals surface area contributed by atoms with Crippen molar-refractivity contribution in [2.45, 2.75) is 39.3 Å². The fourth-order valence-corrected chi connectivity index (χ4v) is 2.15. The molecule has 0 saturated carbocycles. The van der Waals surface area contributed by atoms with Crippen LogP contribution in [-0.2, 0) is 6.54 Å². The molecule has 0 aromatic carbocycles. The van der Waals surface area contributed by atoms with Gasteiger partial charge in [-0.15, -0.1) is 0 Å². The Morgan fingerprint density at radius 2 is 2.18 bits per heavy atom. The van der Waals surface area contributed by atoms with Crippen LogP contribution in [0.3, 0.4) is 0 Å². The SMILES string of the molecule is CCn1nc(C)cc1C(=O)N1CC(O)(CC)C1. The van der Waals surface area contributed by atoms with E-state index in [9.17, 15) is 9.90 Å². The normalized spacial score (nSPS) is 18.0. The molecule has 1 aromatic rings. The third kappa shape index (κ3) is 2.07. The second-order valence-corrected chi connectivity index (χ2v) is 4.73. The maximum Gasteiger partial charge on any atom is 0.272 e. The number of amides is 1. The van der Waals surface area contributed by atoms with Gasteiger partial charge >= 0.3 is 0 Å². The predicted octanol–water partition coefficient (Wildman–Crippen LogP) is 0.808. The number of hydrogen-bond acceptors (Lipinski definition) is 3. The van der Waals surface area contributed by atoms with Crippen LogP contribution in [0, 0.1) is 6.92 Å². The van der Waals surface area contributed by atoms with Gasteiger partial charge in [-0.05, 0) is 26.3 Å². The van der Waals surface area contributed by atoms with Gasteiger partial charge in [0.1, 0.15) is 5.69 Å². The molecular formula is C12H19N3O2. The summed E-state index contributed by atoms with van der Waals surface area (Å²) >= 11 is 0. The second-order valence-electron chi connectivity index (χ2n) is 4.73. The molecule has 0 radical (unpaired) electrons. The molecule has 94 valence electrons. The van der Waals surface area contributed by atoms with Crippen LogP contribution in [0.4, 0.5) is 0 Å². The maximum atomic E-state index is 12.2. The van der Waals surface area contributed by atoms with Crippen LogP contribution >= 0.6 is 0 Å². The summed E-state index contributed by atoms with van der Waals surface area (Å²) in [7, 11) is 0. The molecule has 1 aliphatic heterocycles. The van der Waals surface area contributed by atoms with Crippen molar-refractivity contribution in [3.63, 3.8) is 0 Å². The number of likely N-dealkylation sites (tertiary alicyclic amines) is 1. The Bertz CT molecular complexity index is 433. The van der Waals surface area contributed by atoms with E-state index in [1.165, 1.54) is 0 Å². The second kappa shape index (κ2) is 4.14. The Labute approximate surface area is 101 Å². The highest BCUT2D eigenvalue weighted by Crippen LogP contribution is 2.25. The molecule has 0 unspecified atom stereocenters. The zero-order chi connectivity index (χ0) is 12.6. The average molecular weight is 237 g/mol. The average Bonchev–Trinajstić information content (AvgIpc) is 2.65. The van der Waals surface area contributed by atoms with Crippen LogP contribution in [-0.4, -0.2) is 44.4 Å². The lowest BCUT2D eigenvalue weighted by Gasteiger charge is -2.45. The number of rotatable bonds is 3. The van der Waals surface area contributed by atoms with Crippen LogP contribution in [0.25, 0.3) is 0 Å². The molecule has 1 aliphatic rings. The van der Waals surface area contributed by atoms with E-state index in [1.807, 2.05) is 20.8 Å². The number of aromatic nitrogens is 2. The van der Waals surface area contributed by atoms with E-state index in [4.69, 9.17) is 0 Å². The maximum absolute atomic E-state index is 12.2. The van der Waals surface area contributed by atoms with Crippen LogP contribution in [0.15, 0.2) is 6.07 Å². The lowest BCUT2D eigenvalue weighted by Crippen LogP contribution is -2.63. The molecule has 17 heavy (non-hydrogen) atoms.